The first kappa shape index (κ1) is 20.0. The van der Waals surface area contributed by atoms with E-state index in [-0.39, 0.29) is 35.1 Å². The number of carbonyl (C=O) groups excluding carboxylic acids is 2. The van der Waals surface area contributed by atoms with Gasteiger partial charge in [0.15, 0.2) is 11.6 Å². The summed E-state index contributed by atoms with van der Waals surface area (Å²) < 4.78 is 30.3. The molecule has 7 heteroatoms. The second-order valence-electron chi connectivity index (χ2n) is 7.47. The molecular formula is C19H26FNO5. The summed E-state index contributed by atoms with van der Waals surface area (Å²) in [6.07, 6.45) is 2.18. The van der Waals surface area contributed by atoms with Crippen LogP contribution in [0, 0.1) is 11.7 Å². The molecule has 1 amide bonds. The normalized spacial score (nSPS) is 20.3. The standard InChI is InChI=1S/C19H26FNO5/c1-19(2,3)26-18(23)11-5-7-12(8-6-11)25-16-9-13(17(21)22)15(24-4)10-14(16)20/h9-12H,5-8H2,1-4H3,(H2,21,22). The van der Waals surface area contributed by atoms with Gasteiger partial charge in [-0.25, -0.2) is 4.39 Å². The van der Waals surface area contributed by atoms with Gasteiger partial charge in [-0.2, -0.15) is 0 Å². The second kappa shape index (κ2) is 7.93. The Balaban J connectivity index is 2.00. The summed E-state index contributed by atoms with van der Waals surface area (Å²) in [4.78, 5) is 23.6. The molecule has 6 nitrogen and oxygen atoms in total. The molecular weight excluding hydrogens is 341 g/mol. The van der Waals surface area contributed by atoms with Gasteiger partial charge in [-0.15, -0.1) is 0 Å². The molecule has 0 saturated heterocycles. The van der Waals surface area contributed by atoms with E-state index in [1.54, 1.807) is 0 Å². The van der Waals surface area contributed by atoms with Crippen LogP contribution in [0.4, 0.5) is 4.39 Å². The number of esters is 1. The first-order chi connectivity index (χ1) is 12.1. The average Bonchev–Trinajstić information content (AvgIpc) is 2.55. The van der Waals surface area contributed by atoms with Crippen LogP contribution >= 0.6 is 0 Å². The molecule has 1 aliphatic carbocycles. The quantitative estimate of drug-likeness (QED) is 0.808. The van der Waals surface area contributed by atoms with Gasteiger partial charge in [-0.3, -0.25) is 9.59 Å². The molecule has 2 rings (SSSR count). The second-order valence-corrected chi connectivity index (χ2v) is 7.47. The molecule has 0 bridgehead atoms. The van der Waals surface area contributed by atoms with Crippen molar-refractivity contribution >= 4 is 11.9 Å². The van der Waals surface area contributed by atoms with E-state index in [0.29, 0.717) is 25.7 Å². The highest BCUT2D eigenvalue weighted by molar-refractivity contribution is 5.96. The van der Waals surface area contributed by atoms with E-state index in [1.807, 2.05) is 20.8 Å². The minimum Gasteiger partial charge on any atom is -0.496 e. The van der Waals surface area contributed by atoms with E-state index in [0.717, 1.165) is 6.07 Å². The number of benzene rings is 1. The Morgan fingerprint density at radius 3 is 2.23 bits per heavy atom. The Morgan fingerprint density at radius 1 is 1.12 bits per heavy atom. The number of hydrogen-bond donors (Lipinski definition) is 1. The van der Waals surface area contributed by atoms with E-state index in [4.69, 9.17) is 19.9 Å². The van der Waals surface area contributed by atoms with E-state index in [1.165, 1.54) is 13.2 Å². The van der Waals surface area contributed by atoms with Crippen LogP contribution in [0.2, 0.25) is 0 Å². The number of amides is 1. The van der Waals surface area contributed by atoms with Crippen LogP contribution < -0.4 is 15.2 Å². The smallest absolute Gasteiger partial charge is 0.309 e. The Morgan fingerprint density at radius 2 is 1.73 bits per heavy atom. The van der Waals surface area contributed by atoms with Gasteiger partial charge in [-0.05, 0) is 52.5 Å². The fourth-order valence-corrected chi connectivity index (χ4v) is 2.97. The highest BCUT2D eigenvalue weighted by Crippen LogP contribution is 2.33. The van der Waals surface area contributed by atoms with Crippen LogP contribution in [0.5, 0.6) is 11.5 Å². The van der Waals surface area contributed by atoms with Gasteiger partial charge < -0.3 is 19.9 Å². The van der Waals surface area contributed by atoms with Crippen molar-refractivity contribution < 1.29 is 28.2 Å². The lowest BCUT2D eigenvalue weighted by atomic mass is 9.87. The zero-order valence-corrected chi connectivity index (χ0v) is 15.6. The molecule has 0 unspecified atom stereocenters. The van der Waals surface area contributed by atoms with Crippen molar-refractivity contribution in [3.8, 4) is 11.5 Å². The van der Waals surface area contributed by atoms with Crippen molar-refractivity contribution in [3.63, 3.8) is 0 Å². The van der Waals surface area contributed by atoms with Gasteiger partial charge in [0, 0.05) is 6.07 Å². The monoisotopic (exact) mass is 367 g/mol. The molecule has 1 saturated carbocycles. The third kappa shape index (κ3) is 5.09. The van der Waals surface area contributed by atoms with Crippen molar-refractivity contribution in [2.24, 2.45) is 11.7 Å². The number of carbonyl (C=O) groups is 2. The number of ether oxygens (including phenoxy) is 3. The molecule has 0 heterocycles. The maximum atomic E-state index is 14.2. The molecule has 0 aromatic heterocycles. The Labute approximate surface area is 152 Å². The number of rotatable bonds is 5. The molecule has 2 N–H and O–H groups in total. The zero-order chi connectivity index (χ0) is 19.5. The predicted molar refractivity (Wildman–Crippen MR) is 93.7 cm³/mol. The highest BCUT2D eigenvalue weighted by atomic mass is 19.1. The Kier molecular flexibility index (Phi) is 6.10. The van der Waals surface area contributed by atoms with Gasteiger partial charge in [0.2, 0.25) is 0 Å². The SMILES string of the molecule is COc1cc(F)c(OC2CCC(C(=O)OC(C)(C)C)CC2)cc1C(N)=O. The Bertz CT molecular complexity index is 675. The molecule has 0 aliphatic heterocycles. The summed E-state index contributed by atoms with van der Waals surface area (Å²) in [5.41, 5.74) is 4.85. The maximum Gasteiger partial charge on any atom is 0.309 e. The highest BCUT2D eigenvalue weighted by Gasteiger charge is 2.31. The number of primary amides is 1. The van der Waals surface area contributed by atoms with Gasteiger partial charge in [0.1, 0.15) is 11.4 Å². The van der Waals surface area contributed by atoms with Crippen molar-refractivity contribution in [2.75, 3.05) is 7.11 Å². The summed E-state index contributed by atoms with van der Waals surface area (Å²) in [5.74, 6) is -1.70. The molecule has 1 aromatic carbocycles. The first-order valence-corrected chi connectivity index (χ1v) is 8.67. The molecule has 0 radical (unpaired) electrons. The van der Waals surface area contributed by atoms with Crippen molar-refractivity contribution in [2.45, 2.75) is 58.2 Å². The van der Waals surface area contributed by atoms with Gasteiger partial charge >= 0.3 is 5.97 Å². The number of hydrogen-bond acceptors (Lipinski definition) is 5. The van der Waals surface area contributed by atoms with Crippen LogP contribution in [0.3, 0.4) is 0 Å². The average molecular weight is 367 g/mol. The van der Waals surface area contributed by atoms with Crippen LogP contribution in [-0.2, 0) is 9.53 Å². The topological polar surface area (TPSA) is 87.8 Å². The lowest BCUT2D eigenvalue weighted by Crippen LogP contribution is -2.33. The summed E-state index contributed by atoms with van der Waals surface area (Å²) in [6.45, 7) is 5.51. The van der Waals surface area contributed by atoms with Gasteiger partial charge in [-0.1, -0.05) is 0 Å². The molecule has 0 spiro atoms. The minimum absolute atomic E-state index is 0.0414. The molecule has 0 atom stereocenters. The van der Waals surface area contributed by atoms with Crippen molar-refractivity contribution in [1.29, 1.82) is 0 Å². The van der Waals surface area contributed by atoms with Gasteiger partial charge in [0.05, 0.1) is 24.7 Å². The lowest BCUT2D eigenvalue weighted by Gasteiger charge is -2.30. The summed E-state index contributed by atoms with van der Waals surface area (Å²) >= 11 is 0. The maximum absolute atomic E-state index is 14.2. The van der Waals surface area contributed by atoms with E-state index < -0.39 is 17.3 Å². The van der Waals surface area contributed by atoms with Crippen molar-refractivity contribution in [3.05, 3.63) is 23.5 Å². The van der Waals surface area contributed by atoms with Crippen LogP contribution in [-0.4, -0.2) is 30.7 Å². The lowest BCUT2D eigenvalue weighted by molar-refractivity contribution is -0.161. The zero-order valence-electron chi connectivity index (χ0n) is 15.6. The van der Waals surface area contributed by atoms with Crippen LogP contribution in [0.1, 0.15) is 56.8 Å². The molecule has 144 valence electrons. The first-order valence-electron chi connectivity index (χ1n) is 8.67. The number of methoxy groups -OCH3 is 1. The summed E-state index contributed by atoms with van der Waals surface area (Å²) in [7, 11) is 1.33. The fourth-order valence-electron chi connectivity index (χ4n) is 2.97. The molecule has 1 aromatic rings. The molecule has 1 aliphatic rings. The van der Waals surface area contributed by atoms with E-state index in [9.17, 15) is 14.0 Å². The summed E-state index contributed by atoms with van der Waals surface area (Å²) in [6, 6.07) is 2.35. The van der Waals surface area contributed by atoms with Crippen molar-refractivity contribution in [1.82, 2.24) is 0 Å². The predicted octanol–water partition coefficient (Wildman–Crippen LogP) is 3.21. The van der Waals surface area contributed by atoms with Crippen LogP contribution in [0.15, 0.2) is 12.1 Å². The van der Waals surface area contributed by atoms with Crippen LogP contribution in [0.25, 0.3) is 0 Å². The fraction of sp³-hybridized carbons (Fsp3) is 0.579. The largest absolute Gasteiger partial charge is 0.496 e. The van der Waals surface area contributed by atoms with E-state index in [2.05, 4.69) is 0 Å². The number of halogens is 1. The minimum atomic E-state index is -0.722. The third-order valence-electron chi connectivity index (χ3n) is 4.23. The number of nitrogens with two attached hydrogens (primary N) is 1. The third-order valence-corrected chi connectivity index (χ3v) is 4.23. The molecule has 26 heavy (non-hydrogen) atoms. The van der Waals surface area contributed by atoms with Gasteiger partial charge in [0.25, 0.3) is 5.91 Å². The Hall–Kier alpha value is -2.31. The van der Waals surface area contributed by atoms with E-state index >= 15 is 0 Å². The summed E-state index contributed by atoms with van der Waals surface area (Å²) in [5, 5.41) is 0. The molecule has 1 fully saturated rings.